The molecule has 1 rings (SSSR count). The average Bonchev–Trinajstić information content (AvgIpc) is 3.09. The zero-order valence-electron chi connectivity index (χ0n) is 33.0. The van der Waals surface area contributed by atoms with E-state index in [4.69, 9.17) is 9.47 Å². The van der Waals surface area contributed by atoms with Crippen LogP contribution in [0.4, 0.5) is 0 Å². The standard InChI is InChI=1S/C43H83NO5/c1-4-7-10-12-15-20-27-40(28-21-16-13-11-8-5-2)48-42(46)29-22-17-14-18-24-35-44(37-38-45)36-25-23-30-43(47)49-41-33-31-39(32-34-41)26-19-9-6-3/h39-41,45H,4-38H2,1-3H3. The van der Waals surface area contributed by atoms with Crippen molar-refractivity contribution < 1.29 is 24.2 Å². The zero-order chi connectivity index (χ0) is 35.6. The van der Waals surface area contributed by atoms with Gasteiger partial charge in [-0.05, 0) is 96.1 Å². The second-order valence-electron chi connectivity index (χ2n) is 15.4. The topological polar surface area (TPSA) is 76.1 Å². The Morgan fingerprint density at radius 3 is 1.63 bits per heavy atom. The summed E-state index contributed by atoms with van der Waals surface area (Å²) < 4.78 is 11.8. The Balaban J connectivity index is 2.15. The van der Waals surface area contributed by atoms with E-state index >= 15 is 0 Å². The van der Waals surface area contributed by atoms with Crippen molar-refractivity contribution in [2.75, 3.05) is 26.2 Å². The number of unbranched alkanes of at least 4 members (excludes halogenated alkanes) is 17. The number of carbonyl (C=O) groups excluding carboxylic acids is 2. The lowest BCUT2D eigenvalue weighted by Crippen LogP contribution is -2.29. The highest BCUT2D eigenvalue weighted by molar-refractivity contribution is 5.69. The van der Waals surface area contributed by atoms with Crippen molar-refractivity contribution in [3.63, 3.8) is 0 Å². The Kier molecular flexibility index (Phi) is 31.8. The summed E-state index contributed by atoms with van der Waals surface area (Å²) in [6.07, 6.45) is 35.7. The summed E-state index contributed by atoms with van der Waals surface area (Å²) in [5, 5.41) is 9.55. The fraction of sp³-hybridized carbons (Fsp3) is 0.953. The summed E-state index contributed by atoms with van der Waals surface area (Å²) in [4.78, 5) is 27.4. The number of hydrogen-bond acceptors (Lipinski definition) is 6. The van der Waals surface area contributed by atoms with Gasteiger partial charge in [0.2, 0.25) is 0 Å². The predicted molar refractivity (Wildman–Crippen MR) is 207 cm³/mol. The number of ether oxygens (including phenoxy) is 2. The minimum atomic E-state index is -0.0295. The van der Waals surface area contributed by atoms with E-state index in [-0.39, 0.29) is 30.8 Å². The van der Waals surface area contributed by atoms with Gasteiger partial charge in [0.25, 0.3) is 0 Å². The van der Waals surface area contributed by atoms with E-state index in [0.717, 1.165) is 89.6 Å². The van der Waals surface area contributed by atoms with Crippen molar-refractivity contribution in [1.82, 2.24) is 4.90 Å². The van der Waals surface area contributed by atoms with Gasteiger partial charge >= 0.3 is 11.9 Å². The van der Waals surface area contributed by atoms with Crippen LogP contribution in [0.1, 0.15) is 220 Å². The maximum Gasteiger partial charge on any atom is 0.306 e. The molecule has 0 aliphatic heterocycles. The third-order valence-electron chi connectivity index (χ3n) is 10.7. The number of esters is 2. The van der Waals surface area contributed by atoms with Crippen molar-refractivity contribution >= 4 is 11.9 Å². The Bertz CT molecular complexity index is 722. The SMILES string of the molecule is CCCCCCCCC(CCCCCCCC)OC(=O)CCCCCCCN(CCO)CCCCC(=O)OC1CCC(CCCCC)CC1. The van der Waals surface area contributed by atoms with Crippen LogP contribution < -0.4 is 0 Å². The molecule has 1 saturated carbocycles. The Hall–Kier alpha value is -1.14. The molecular weight excluding hydrogens is 610 g/mol. The molecule has 1 aliphatic carbocycles. The lowest BCUT2D eigenvalue weighted by Gasteiger charge is -2.28. The van der Waals surface area contributed by atoms with Gasteiger partial charge in [-0.1, -0.05) is 130 Å². The molecule has 0 bridgehead atoms. The zero-order valence-corrected chi connectivity index (χ0v) is 33.0. The molecule has 290 valence electrons. The van der Waals surface area contributed by atoms with E-state index in [1.807, 2.05) is 0 Å². The van der Waals surface area contributed by atoms with E-state index in [1.165, 1.54) is 116 Å². The molecule has 0 aromatic carbocycles. The molecule has 0 radical (unpaired) electrons. The van der Waals surface area contributed by atoms with Gasteiger partial charge in [-0.25, -0.2) is 0 Å². The van der Waals surface area contributed by atoms with Crippen molar-refractivity contribution in [3.8, 4) is 0 Å². The van der Waals surface area contributed by atoms with Gasteiger partial charge in [0, 0.05) is 19.4 Å². The summed E-state index contributed by atoms with van der Waals surface area (Å²) in [7, 11) is 0. The molecule has 0 heterocycles. The number of hydrogen-bond donors (Lipinski definition) is 1. The van der Waals surface area contributed by atoms with Gasteiger partial charge in [0.1, 0.15) is 12.2 Å². The molecule has 0 amide bonds. The van der Waals surface area contributed by atoms with Crippen LogP contribution in [0.5, 0.6) is 0 Å². The molecule has 0 unspecified atom stereocenters. The smallest absolute Gasteiger partial charge is 0.306 e. The summed E-state index contributed by atoms with van der Waals surface area (Å²) in [5.74, 6) is 0.808. The van der Waals surface area contributed by atoms with Crippen LogP contribution in [-0.4, -0.2) is 60.4 Å². The molecule has 0 saturated heterocycles. The highest BCUT2D eigenvalue weighted by Crippen LogP contribution is 2.30. The molecule has 1 N–H and O–H groups in total. The second kappa shape index (κ2) is 34.0. The fourth-order valence-electron chi connectivity index (χ4n) is 7.49. The average molecular weight is 694 g/mol. The number of rotatable bonds is 35. The van der Waals surface area contributed by atoms with Crippen LogP contribution in [0.15, 0.2) is 0 Å². The Morgan fingerprint density at radius 2 is 1.04 bits per heavy atom. The molecule has 6 heteroatoms. The number of aliphatic hydroxyl groups is 1. The third kappa shape index (κ3) is 28.2. The van der Waals surface area contributed by atoms with E-state index in [2.05, 4.69) is 25.7 Å². The van der Waals surface area contributed by atoms with Crippen LogP contribution in [0.25, 0.3) is 0 Å². The molecule has 0 aromatic heterocycles. The first kappa shape index (κ1) is 45.9. The van der Waals surface area contributed by atoms with Crippen molar-refractivity contribution in [2.24, 2.45) is 5.92 Å². The predicted octanol–water partition coefficient (Wildman–Crippen LogP) is 11.9. The Labute approximate surface area is 304 Å². The van der Waals surface area contributed by atoms with Crippen LogP contribution in [0.2, 0.25) is 0 Å². The van der Waals surface area contributed by atoms with Crippen molar-refractivity contribution in [1.29, 1.82) is 0 Å². The Morgan fingerprint density at radius 1 is 0.571 bits per heavy atom. The molecule has 6 nitrogen and oxygen atoms in total. The number of nitrogens with zero attached hydrogens (tertiary/aromatic N) is 1. The number of carbonyl (C=O) groups is 2. The van der Waals surface area contributed by atoms with Crippen LogP contribution >= 0.6 is 0 Å². The van der Waals surface area contributed by atoms with Crippen LogP contribution in [-0.2, 0) is 19.1 Å². The highest BCUT2D eigenvalue weighted by atomic mass is 16.5. The summed E-state index contributed by atoms with van der Waals surface area (Å²) in [6, 6.07) is 0. The minimum absolute atomic E-state index is 0.00477. The normalized spacial score (nSPS) is 16.4. The molecule has 49 heavy (non-hydrogen) atoms. The molecule has 1 aliphatic rings. The quantitative estimate of drug-likeness (QED) is 0.0526. The molecule has 0 atom stereocenters. The van der Waals surface area contributed by atoms with Crippen LogP contribution in [0, 0.1) is 5.92 Å². The lowest BCUT2D eigenvalue weighted by molar-refractivity contribution is -0.151. The minimum Gasteiger partial charge on any atom is -0.462 e. The van der Waals surface area contributed by atoms with Gasteiger partial charge in [0.15, 0.2) is 0 Å². The first-order valence-electron chi connectivity index (χ1n) is 21.7. The fourth-order valence-corrected chi connectivity index (χ4v) is 7.49. The van der Waals surface area contributed by atoms with E-state index in [9.17, 15) is 14.7 Å². The maximum absolute atomic E-state index is 12.7. The van der Waals surface area contributed by atoms with Gasteiger partial charge in [0.05, 0.1) is 6.61 Å². The summed E-state index contributed by atoms with van der Waals surface area (Å²) in [5.41, 5.74) is 0. The monoisotopic (exact) mass is 694 g/mol. The molecule has 0 aromatic rings. The molecular formula is C43H83NO5. The van der Waals surface area contributed by atoms with Crippen molar-refractivity contribution in [3.05, 3.63) is 0 Å². The third-order valence-corrected chi connectivity index (χ3v) is 10.7. The van der Waals surface area contributed by atoms with Gasteiger partial charge in [-0.3, -0.25) is 9.59 Å². The maximum atomic E-state index is 12.7. The number of aliphatic hydroxyl groups excluding tert-OH is 1. The van der Waals surface area contributed by atoms with E-state index in [1.54, 1.807) is 0 Å². The molecule has 0 spiro atoms. The summed E-state index contributed by atoms with van der Waals surface area (Å²) in [6.45, 7) is 9.54. The first-order valence-corrected chi connectivity index (χ1v) is 21.7. The van der Waals surface area contributed by atoms with Crippen LogP contribution in [0.3, 0.4) is 0 Å². The second-order valence-corrected chi connectivity index (χ2v) is 15.4. The van der Waals surface area contributed by atoms with E-state index < -0.39 is 0 Å². The van der Waals surface area contributed by atoms with Gasteiger partial charge in [-0.15, -0.1) is 0 Å². The molecule has 1 fully saturated rings. The van der Waals surface area contributed by atoms with E-state index in [0.29, 0.717) is 19.4 Å². The van der Waals surface area contributed by atoms with Gasteiger partial charge < -0.3 is 19.5 Å². The first-order chi connectivity index (χ1) is 24.0. The lowest BCUT2D eigenvalue weighted by atomic mass is 9.84. The van der Waals surface area contributed by atoms with Gasteiger partial charge in [-0.2, -0.15) is 0 Å². The largest absolute Gasteiger partial charge is 0.462 e. The highest BCUT2D eigenvalue weighted by Gasteiger charge is 2.23. The summed E-state index contributed by atoms with van der Waals surface area (Å²) >= 11 is 0. The van der Waals surface area contributed by atoms with Crippen molar-refractivity contribution in [2.45, 2.75) is 232 Å².